The van der Waals surface area contributed by atoms with Crippen molar-refractivity contribution in [3.63, 3.8) is 0 Å². The van der Waals surface area contributed by atoms with Crippen LogP contribution in [-0.2, 0) is 16.0 Å². The second-order valence-corrected chi connectivity index (χ2v) is 7.15. The summed E-state index contributed by atoms with van der Waals surface area (Å²) >= 11 is 0. The Hall–Kier alpha value is -1.32. The molecule has 1 aromatic heterocycles. The number of rotatable bonds is 10. The minimum atomic E-state index is 0. The summed E-state index contributed by atoms with van der Waals surface area (Å²) < 4.78 is 13.6. The first-order chi connectivity index (χ1) is 13.9. The van der Waals surface area contributed by atoms with Gasteiger partial charge in [-0.25, -0.2) is 0 Å². The van der Waals surface area contributed by atoms with Crippen LogP contribution in [0.4, 0.5) is 0 Å². The summed E-state index contributed by atoms with van der Waals surface area (Å²) in [5.41, 5.74) is 1.29. The third-order valence-electron chi connectivity index (χ3n) is 4.99. The maximum absolute atomic E-state index is 5.92. The second-order valence-electron chi connectivity index (χ2n) is 7.15. The predicted octanol–water partition coefficient (Wildman–Crippen LogP) is 3.79. The van der Waals surface area contributed by atoms with E-state index in [0.29, 0.717) is 6.10 Å². The summed E-state index contributed by atoms with van der Waals surface area (Å²) in [4.78, 5) is 4.70. The zero-order valence-electron chi connectivity index (χ0n) is 17.4. The van der Waals surface area contributed by atoms with E-state index in [9.17, 15) is 0 Å². The van der Waals surface area contributed by atoms with Crippen LogP contribution in [0.15, 0.2) is 41.5 Å². The number of aryl methyl sites for hydroxylation is 1. The van der Waals surface area contributed by atoms with Gasteiger partial charge in [-0.1, -0.05) is 18.2 Å². The average Bonchev–Trinajstić information content (AvgIpc) is 3.15. The van der Waals surface area contributed by atoms with Crippen molar-refractivity contribution in [2.24, 2.45) is 4.99 Å². The lowest BCUT2D eigenvalue weighted by molar-refractivity contribution is -0.0320. The summed E-state index contributed by atoms with van der Waals surface area (Å²) in [5.74, 6) is 0.894. The van der Waals surface area contributed by atoms with E-state index in [1.807, 2.05) is 0 Å². The van der Waals surface area contributed by atoms with E-state index in [0.717, 1.165) is 77.6 Å². The molecule has 1 aliphatic heterocycles. The number of ether oxygens (including phenoxy) is 2. The number of hydrogen-bond acceptors (Lipinski definition) is 3. The van der Waals surface area contributed by atoms with Crippen LogP contribution in [0.1, 0.15) is 32.6 Å². The van der Waals surface area contributed by atoms with Crippen LogP contribution in [0.2, 0.25) is 0 Å². The van der Waals surface area contributed by atoms with Gasteiger partial charge in [0.2, 0.25) is 0 Å². The third kappa shape index (κ3) is 8.14. The molecule has 0 radical (unpaired) electrons. The van der Waals surface area contributed by atoms with Crippen LogP contribution in [-0.4, -0.2) is 56.1 Å². The fourth-order valence-electron chi connectivity index (χ4n) is 3.48. The standard InChI is InChI=1S/C22H34N4O2.HI/c1-2-23-22(25-13-6-16-28-20-10-17-27-18-11-20)24-12-5-14-26-15-9-19-7-3-4-8-21(19)26;/h3-4,7-9,15,20H,2,5-6,10-14,16-18H2,1H3,(H2,23,24,25);1H. The lowest BCUT2D eigenvalue weighted by Gasteiger charge is -2.22. The molecule has 7 heteroatoms. The maximum Gasteiger partial charge on any atom is 0.191 e. The molecule has 162 valence electrons. The molecule has 0 unspecified atom stereocenters. The molecule has 2 heterocycles. The topological polar surface area (TPSA) is 59.8 Å². The summed E-state index contributed by atoms with van der Waals surface area (Å²) in [6, 6.07) is 10.7. The van der Waals surface area contributed by atoms with E-state index in [1.54, 1.807) is 0 Å². The van der Waals surface area contributed by atoms with Crippen molar-refractivity contribution in [2.45, 2.75) is 45.3 Å². The van der Waals surface area contributed by atoms with Crippen molar-refractivity contribution in [1.29, 1.82) is 0 Å². The van der Waals surface area contributed by atoms with E-state index in [1.165, 1.54) is 10.9 Å². The van der Waals surface area contributed by atoms with Gasteiger partial charge in [0, 0.05) is 57.7 Å². The zero-order valence-corrected chi connectivity index (χ0v) is 19.8. The molecule has 29 heavy (non-hydrogen) atoms. The highest BCUT2D eigenvalue weighted by Gasteiger charge is 2.13. The number of aliphatic imine (C=N–C) groups is 1. The van der Waals surface area contributed by atoms with Gasteiger partial charge in [-0.3, -0.25) is 4.99 Å². The van der Waals surface area contributed by atoms with E-state index in [-0.39, 0.29) is 24.0 Å². The Bertz CT molecular complexity index is 728. The smallest absolute Gasteiger partial charge is 0.191 e. The van der Waals surface area contributed by atoms with Gasteiger partial charge in [0.15, 0.2) is 5.96 Å². The van der Waals surface area contributed by atoms with Crippen molar-refractivity contribution in [3.05, 3.63) is 36.5 Å². The summed E-state index contributed by atoms with van der Waals surface area (Å²) in [6.45, 7) is 8.08. The molecule has 1 saturated heterocycles. The Balaban J connectivity index is 0.00000300. The fourth-order valence-corrected chi connectivity index (χ4v) is 3.48. The third-order valence-corrected chi connectivity index (χ3v) is 4.99. The van der Waals surface area contributed by atoms with Crippen LogP contribution in [0.25, 0.3) is 10.9 Å². The van der Waals surface area contributed by atoms with Crippen molar-refractivity contribution in [1.82, 2.24) is 15.2 Å². The summed E-state index contributed by atoms with van der Waals surface area (Å²) in [7, 11) is 0. The fraction of sp³-hybridized carbons (Fsp3) is 0.591. The molecular weight excluding hydrogens is 479 g/mol. The van der Waals surface area contributed by atoms with Crippen LogP contribution in [0, 0.1) is 0 Å². The van der Waals surface area contributed by atoms with Gasteiger partial charge in [0.05, 0.1) is 6.10 Å². The summed E-state index contributed by atoms with van der Waals surface area (Å²) in [6.07, 6.45) is 6.58. The number of benzene rings is 1. The lowest BCUT2D eigenvalue weighted by atomic mass is 10.1. The molecule has 2 N–H and O–H groups in total. The molecule has 0 atom stereocenters. The molecular formula is C22H35IN4O2. The highest BCUT2D eigenvalue weighted by atomic mass is 127. The molecule has 6 nitrogen and oxygen atoms in total. The van der Waals surface area contributed by atoms with E-state index >= 15 is 0 Å². The number of para-hydroxylation sites is 1. The number of halogens is 1. The van der Waals surface area contributed by atoms with E-state index in [2.05, 4.69) is 58.7 Å². The van der Waals surface area contributed by atoms with Gasteiger partial charge < -0.3 is 24.7 Å². The molecule has 0 saturated carbocycles. The molecule has 0 aliphatic carbocycles. The van der Waals surface area contributed by atoms with Crippen LogP contribution in [0.3, 0.4) is 0 Å². The van der Waals surface area contributed by atoms with Gasteiger partial charge in [0.1, 0.15) is 0 Å². The van der Waals surface area contributed by atoms with E-state index in [4.69, 9.17) is 14.5 Å². The Morgan fingerprint density at radius 3 is 2.83 bits per heavy atom. The van der Waals surface area contributed by atoms with Crippen LogP contribution in [0.5, 0.6) is 0 Å². The monoisotopic (exact) mass is 514 g/mol. The van der Waals surface area contributed by atoms with Crippen molar-refractivity contribution in [2.75, 3.05) is 39.5 Å². The second kappa shape index (κ2) is 13.8. The SMILES string of the molecule is CCNC(=NCCCn1ccc2ccccc21)NCCCOC1CCOCC1.I. The zero-order chi connectivity index (χ0) is 19.4. The highest BCUT2D eigenvalue weighted by molar-refractivity contribution is 14.0. The molecule has 1 fully saturated rings. The molecule has 0 spiro atoms. The number of aromatic nitrogens is 1. The van der Waals surface area contributed by atoms with Gasteiger partial charge in [-0.15, -0.1) is 24.0 Å². The van der Waals surface area contributed by atoms with Crippen molar-refractivity contribution in [3.8, 4) is 0 Å². The molecule has 2 aromatic rings. The molecule has 0 amide bonds. The average molecular weight is 514 g/mol. The van der Waals surface area contributed by atoms with Gasteiger partial charge >= 0.3 is 0 Å². The normalized spacial score (nSPS) is 15.3. The lowest BCUT2D eigenvalue weighted by Crippen LogP contribution is -2.38. The van der Waals surface area contributed by atoms with Crippen LogP contribution < -0.4 is 10.6 Å². The van der Waals surface area contributed by atoms with Crippen molar-refractivity contribution < 1.29 is 9.47 Å². The minimum absolute atomic E-state index is 0. The van der Waals surface area contributed by atoms with E-state index < -0.39 is 0 Å². The predicted molar refractivity (Wildman–Crippen MR) is 130 cm³/mol. The summed E-state index contributed by atoms with van der Waals surface area (Å²) in [5, 5.41) is 8.03. The number of fused-ring (bicyclic) bond motifs is 1. The number of nitrogens with zero attached hydrogens (tertiary/aromatic N) is 2. The first-order valence-corrected chi connectivity index (χ1v) is 10.6. The maximum atomic E-state index is 5.92. The van der Waals surface area contributed by atoms with Gasteiger partial charge in [-0.05, 0) is 50.1 Å². The number of nitrogens with one attached hydrogen (secondary N) is 2. The Morgan fingerprint density at radius 1 is 1.17 bits per heavy atom. The first kappa shape index (κ1) is 24.0. The van der Waals surface area contributed by atoms with Crippen LogP contribution >= 0.6 is 24.0 Å². The first-order valence-electron chi connectivity index (χ1n) is 10.6. The number of hydrogen-bond donors (Lipinski definition) is 2. The Labute approximate surface area is 191 Å². The van der Waals surface area contributed by atoms with Gasteiger partial charge in [0.25, 0.3) is 0 Å². The molecule has 3 rings (SSSR count). The molecule has 1 aromatic carbocycles. The molecule has 0 bridgehead atoms. The Morgan fingerprint density at radius 2 is 2.00 bits per heavy atom. The number of guanidine groups is 1. The van der Waals surface area contributed by atoms with Gasteiger partial charge in [-0.2, -0.15) is 0 Å². The van der Waals surface area contributed by atoms with Crippen molar-refractivity contribution >= 4 is 40.8 Å². The Kier molecular flexibility index (Phi) is 11.4. The quantitative estimate of drug-likeness (QED) is 0.219. The highest BCUT2D eigenvalue weighted by Crippen LogP contribution is 2.15. The largest absolute Gasteiger partial charge is 0.381 e. The molecule has 1 aliphatic rings. The minimum Gasteiger partial charge on any atom is -0.381 e.